The van der Waals surface area contributed by atoms with Crippen LogP contribution in [0.5, 0.6) is 11.5 Å². The Kier molecular flexibility index (Phi) is 4.76. The quantitative estimate of drug-likeness (QED) is 0.684. The van der Waals surface area contributed by atoms with Crippen LogP contribution in [-0.2, 0) is 6.54 Å². The molecule has 1 aromatic carbocycles. The minimum atomic E-state index is 0.400. The van der Waals surface area contributed by atoms with E-state index >= 15 is 0 Å². The van der Waals surface area contributed by atoms with Crippen LogP contribution in [0.25, 0.3) is 0 Å². The second-order valence-corrected chi connectivity index (χ2v) is 4.79. The Balaban J connectivity index is 1.70. The molecule has 0 bridgehead atoms. The highest BCUT2D eigenvalue weighted by atomic mass is 16.5. The first-order valence-corrected chi connectivity index (χ1v) is 7.23. The van der Waals surface area contributed by atoms with Crippen molar-refractivity contribution in [3.63, 3.8) is 0 Å². The van der Waals surface area contributed by atoms with Gasteiger partial charge in [0.25, 0.3) is 0 Å². The molecular formula is C16H17N5O3. The van der Waals surface area contributed by atoms with Crippen molar-refractivity contribution in [2.45, 2.75) is 6.54 Å². The lowest BCUT2D eigenvalue weighted by Crippen LogP contribution is -2.06. The van der Waals surface area contributed by atoms with Crippen molar-refractivity contribution >= 4 is 17.5 Å². The van der Waals surface area contributed by atoms with Crippen LogP contribution in [0.15, 0.2) is 47.2 Å². The molecule has 2 heterocycles. The minimum absolute atomic E-state index is 0.400. The normalized spacial score (nSPS) is 10.2. The maximum Gasteiger partial charge on any atom is 0.245 e. The molecule has 24 heavy (non-hydrogen) atoms. The van der Waals surface area contributed by atoms with E-state index in [-0.39, 0.29) is 0 Å². The van der Waals surface area contributed by atoms with Crippen LogP contribution in [-0.4, -0.2) is 29.4 Å². The molecule has 0 spiro atoms. The van der Waals surface area contributed by atoms with Gasteiger partial charge >= 0.3 is 0 Å². The molecule has 8 heteroatoms. The molecule has 0 aliphatic rings. The van der Waals surface area contributed by atoms with Crippen molar-refractivity contribution in [1.82, 2.24) is 15.2 Å². The number of benzene rings is 1. The molecular weight excluding hydrogens is 310 g/mol. The van der Waals surface area contributed by atoms with E-state index in [0.717, 1.165) is 11.4 Å². The molecule has 124 valence electrons. The third kappa shape index (κ3) is 3.72. The Morgan fingerprint density at radius 1 is 1.12 bits per heavy atom. The molecule has 0 fully saturated rings. The average Bonchev–Trinajstić information content (AvgIpc) is 3.14. The van der Waals surface area contributed by atoms with Crippen LogP contribution in [0, 0.1) is 0 Å². The Morgan fingerprint density at radius 2 is 2.00 bits per heavy atom. The summed E-state index contributed by atoms with van der Waals surface area (Å²) in [4.78, 5) is 4.36. The van der Waals surface area contributed by atoms with Gasteiger partial charge in [-0.2, -0.15) is 10.1 Å². The summed E-state index contributed by atoms with van der Waals surface area (Å²) in [7, 11) is 3.18. The number of furan rings is 1. The van der Waals surface area contributed by atoms with Gasteiger partial charge < -0.3 is 24.5 Å². The topological polar surface area (TPSA) is 94.3 Å². The van der Waals surface area contributed by atoms with Crippen molar-refractivity contribution in [2.75, 3.05) is 24.9 Å². The Labute approximate surface area is 138 Å². The van der Waals surface area contributed by atoms with Gasteiger partial charge in [-0.3, -0.25) is 0 Å². The Bertz CT molecular complexity index is 792. The predicted molar refractivity (Wildman–Crippen MR) is 88.7 cm³/mol. The van der Waals surface area contributed by atoms with Crippen LogP contribution in [0.2, 0.25) is 0 Å². The van der Waals surface area contributed by atoms with Gasteiger partial charge in [0, 0.05) is 11.8 Å². The summed E-state index contributed by atoms with van der Waals surface area (Å²) in [5, 5.41) is 14.1. The molecule has 3 rings (SSSR count). The van der Waals surface area contributed by atoms with E-state index in [1.807, 2.05) is 30.3 Å². The fourth-order valence-corrected chi connectivity index (χ4v) is 2.08. The van der Waals surface area contributed by atoms with Crippen molar-refractivity contribution in [1.29, 1.82) is 0 Å². The van der Waals surface area contributed by atoms with Gasteiger partial charge in [-0.25, -0.2) is 0 Å². The SMILES string of the molecule is COc1ccc(Nc2cnnc(NCc3ccco3)n2)cc1OC. The molecule has 2 aromatic heterocycles. The fourth-order valence-electron chi connectivity index (χ4n) is 2.08. The van der Waals surface area contributed by atoms with Crippen LogP contribution >= 0.6 is 0 Å². The molecule has 0 amide bonds. The van der Waals surface area contributed by atoms with Gasteiger partial charge in [0.05, 0.1) is 33.2 Å². The maximum absolute atomic E-state index is 5.28. The number of methoxy groups -OCH3 is 2. The van der Waals surface area contributed by atoms with Gasteiger partial charge in [0.1, 0.15) is 5.76 Å². The summed E-state index contributed by atoms with van der Waals surface area (Å²) in [6, 6.07) is 9.18. The number of nitrogens with zero attached hydrogens (tertiary/aromatic N) is 3. The number of aromatic nitrogens is 3. The predicted octanol–water partition coefficient (Wildman–Crippen LogP) is 2.84. The van der Waals surface area contributed by atoms with Crippen LogP contribution in [0.4, 0.5) is 17.5 Å². The van der Waals surface area contributed by atoms with Crippen LogP contribution in [0.3, 0.4) is 0 Å². The van der Waals surface area contributed by atoms with E-state index in [4.69, 9.17) is 13.9 Å². The third-order valence-electron chi connectivity index (χ3n) is 3.22. The summed E-state index contributed by atoms with van der Waals surface area (Å²) in [6.45, 7) is 0.481. The number of anilines is 3. The fraction of sp³-hybridized carbons (Fsp3) is 0.188. The maximum atomic E-state index is 5.28. The molecule has 0 unspecified atom stereocenters. The molecule has 0 atom stereocenters. The average molecular weight is 327 g/mol. The molecule has 0 radical (unpaired) electrons. The summed E-state index contributed by atoms with van der Waals surface area (Å²) >= 11 is 0. The van der Waals surface area contributed by atoms with Crippen LogP contribution in [0.1, 0.15) is 5.76 Å². The van der Waals surface area contributed by atoms with Crippen LogP contribution < -0.4 is 20.1 Å². The smallest absolute Gasteiger partial charge is 0.245 e. The molecule has 0 saturated carbocycles. The summed E-state index contributed by atoms with van der Waals surface area (Å²) < 4.78 is 15.7. The van der Waals surface area contributed by atoms with Gasteiger partial charge in [-0.05, 0) is 24.3 Å². The number of hydrogen-bond donors (Lipinski definition) is 2. The van der Waals surface area contributed by atoms with E-state index in [2.05, 4.69) is 25.8 Å². The van der Waals surface area contributed by atoms with Crippen molar-refractivity contribution in [3.05, 3.63) is 48.6 Å². The van der Waals surface area contributed by atoms with E-state index in [1.165, 1.54) is 6.20 Å². The first kappa shape index (κ1) is 15.6. The highest BCUT2D eigenvalue weighted by molar-refractivity contribution is 5.61. The molecule has 3 aromatic rings. The van der Waals surface area contributed by atoms with E-state index < -0.39 is 0 Å². The first-order chi connectivity index (χ1) is 11.8. The lowest BCUT2D eigenvalue weighted by atomic mass is 10.2. The molecule has 0 aliphatic heterocycles. The molecule has 0 saturated heterocycles. The zero-order chi connectivity index (χ0) is 16.8. The van der Waals surface area contributed by atoms with Gasteiger partial charge in [0.15, 0.2) is 17.3 Å². The molecule has 2 N–H and O–H groups in total. The summed E-state index contributed by atoms with van der Waals surface area (Å²) in [6.07, 6.45) is 3.15. The number of rotatable bonds is 7. The van der Waals surface area contributed by atoms with Crippen molar-refractivity contribution in [3.8, 4) is 11.5 Å². The largest absolute Gasteiger partial charge is 0.493 e. The van der Waals surface area contributed by atoms with E-state index in [9.17, 15) is 0 Å². The Hall–Kier alpha value is -3.29. The number of hydrogen-bond acceptors (Lipinski definition) is 8. The van der Waals surface area contributed by atoms with Gasteiger partial charge in [-0.15, -0.1) is 5.10 Å². The second kappa shape index (κ2) is 7.32. The van der Waals surface area contributed by atoms with Crippen molar-refractivity contribution in [2.24, 2.45) is 0 Å². The lowest BCUT2D eigenvalue weighted by molar-refractivity contribution is 0.355. The molecule has 8 nitrogen and oxygen atoms in total. The zero-order valence-corrected chi connectivity index (χ0v) is 13.3. The summed E-state index contributed by atoms with van der Waals surface area (Å²) in [5.74, 6) is 3.03. The Morgan fingerprint density at radius 3 is 2.75 bits per heavy atom. The van der Waals surface area contributed by atoms with E-state index in [0.29, 0.717) is 29.8 Å². The first-order valence-electron chi connectivity index (χ1n) is 7.23. The van der Waals surface area contributed by atoms with Crippen molar-refractivity contribution < 1.29 is 13.9 Å². The highest BCUT2D eigenvalue weighted by Gasteiger charge is 2.06. The third-order valence-corrected chi connectivity index (χ3v) is 3.22. The monoisotopic (exact) mass is 327 g/mol. The molecule has 0 aliphatic carbocycles. The number of ether oxygens (including phenoxy) is 2. The second-order valence-electron chi connectivity index (χ2n) is 4.79. The van der Waals surface area contributed by atoms with E-state index in [1.54, 1.807) is 20.5 Å². The van der Waals surface area contributed by atoms with Gasteiger partial charge in [-0.1, -0.05) is 0 Å². The minimum Gasteiger partial charge on any atom is -0.493 e. The van der Waals surface area contributed by atoms with Gasteiger partial charge in [0.2, 0.25) is 5.95 Å². The lowest BCUT2D eigenvalue weighted by Gasteiger charge is -2.11. The highest BCUT2D eigenvalue weighted by Crippen LogP contribution is 2.30. The standard InChI is InChI=1S/C16H17N5O3/c1-22-13-6-5-11(8-14(13)23-2)19-15-10-18-21-16(20-15)17-9-12-4-3-7-24-12/h3-8,10H,9H2,1-2H3,(H2,17,19,20,21). The number of nitrogens with one attached hydrogen (secondary N) is 2. The summed E-state index contributed by atoms with van der Waals surface area (Å²) in [5.41, 5.74) is 0.796. The zero-order valence-electron chi connectivity index (χ0n) is 13.3.